The maximum atomic E-state index is 12.2. The number of carbonyl (C=O) groups excluding carboxylic acids is 1. The fraction of sp³-hybridized carbons (Fsp3) is 0.938. The van der Waals surface area contributed by atoms with Crippen LogP contribution in [0.5, 0.6) is 0 Å². The van der Waals surface area contributed by atoms with Gasteiger partial charge in [0.25, 0.3) is 0 Å². The summed E-state index contributed by atoms with van der Waals surface area (Å²) in [5.74, 6) is 1.12. The van der Waals surface area contributed by atoms with Crippen molar-refractivity contribution in [1.29, 1.82) is 0 Å². The average molecular weight is 340 g/mol. The second-order valence-electron chi connectivity index (χ2n) is 6.59. The minimum absolute atomic E-state index is 0.429. The van der Waals surface area contributed by atoms with Gasteiger partial charge in [-0.05, 0) is 0 Å². The summed E-state index contributed by atoms with van der Waals surface area (Å²) in [6.45, 7) is 8.47. The molecule has 2 radical (unpaired) electrons. The molecule has 0 aromatic rings. The quantitative estimate of drug-likeness (QED) is 0.736. The zero-order valence-electron chi connectivity index (χ0n) is 13.1. The molecule has 3 nitrogen and oxygen atoms in total. The molecule has 2 saturated heterocycles. The van der Waals surface area contributed by atoms with E-state index in [9.17, 15) is 4.79 Å². The van der Waals surface area contributed by atoms with Crippen LogP contribution in [0, 0.1) is 11.3 Å². The van der Waals surface area contributed by atoms with Crippen molar-refractivity contribution in [2.45, 2.75) is 52.4 Å². The molecule has 114 valence electrons. The summed E-state index contributed by atoms with van der Waals surface area (Å²) < 4.78 is 0. The number of hydrogen-bond donors (Lipinski definition) is 0. The van der Waals surface area contributed by atoms with Crippen molar-refractivity contribution < 1.29 is 4.79 Å². The molecule has 4 heteroatoms. The number of nitrogens with zero attached hydrogens (tertiary/aromatic N) is 2. The van der Waals surface area contributed by atoms with E-state index in [1.807, 2.05) is 13.8 Å². The zero-order valence-corrected chi connectivity index (χ0v) is 15.0. The van der Waals surface area contributed by atoms with Crippen molar-refractivity contribution >= 4 is 22.8 Å². The molecule has 3 fully saturated rings. The van der Waals surface area contributed by atoms with Gasteiger partial charge in [-0.15, -0.1) is 0 Å². The standard InChI is InChI=1S/C14H23AsN2O.C2H6/c15-11-16-7-14(8-16)9-17(10-14)13(18)6-12-4-2-1-3-5-12;1-2/h12H,1-11H2;1-2H3. The van der Waals surface area contributed by atoms with Gasteiger partial charge in [-0.3, -0.25) is 0 Å². The van der Waals surface area contributed by atoms with Crippen LogP contribution in [0.25, 0.3) is 0 Å². The molecule has 0 aromatic heterocycles. The second-order valence-corrected chi connectivity index (χ2v) is 7.18. The van der Waals surface area contributed by atoms with Crippen LogP contribution in [0.3, 0.4) is 0 Å². The maximum absolute atomic E-state index is 12.2. The van der Waals surface area contributed by atoms with Crippen LogP contribution in [0.1, 0.15) is 52.4 Å². The summed E-state index contributed by atoms with van der Waals surface area (Å²) in [4.78, 5) is 16.7. The molecule has 2 aliphatic heterocycles. The van der Waals surface area contributed by atoms with Crippen molar-refractivity contribution in [3.63, 3.8) is 0 Å². The van der Waals surface area contributed by atoms with Crippen molar-refractivity contribution in [2.24, 2.45) is 11.3 Å². The Balaban J connectivity index is 0.000000704. The van der Waals surface area contributed by atoms with E-state index in [2.05, 4.69) is 26.7 Å². The first-order valence-electron chi connectivity index (χ1n) is 8.32. The van der Waals surface area contributed by atoms with E-state index in [4.69, 9.17) is 0 Å². The molecule has 20 heavy (non-hydrogen) atoms. The second kappa shape index (κ2) is 7.31. The van der Waals surface area contributed by atoms with E-state index in [0.717, 1.165) is 24.8 Å². The van der Waals surface area contributed by atoms with Gasteiger partial charge < -0.3 is 0 Å². The van der Waals surface area contributed by atoms with Gasteiger partial charge in [-0.2, -0.15) is 0 Å². The molecule has 0 aromatic carbocycles. The number of amides is 1. The summed E-state index contributed by atoms with van der Waals surface area (Å²) in [5.41, 5.74) is 0.488. The van der Waals surface area contributed by atoms with Crippen LogP contribution in [0.2, 0.25) is 0 Å². The van der Waals surface area contributed by atoms with E-state index in [1.165, 1.54) is 45.2 Å². The fourth-order valence-corrected chi connectivity index (χ4v) is 4.33. The van der Waals surface area contributed by atoms with Crippen LogP contribution in [0.15, 0.2) is 0 Å². The SMILES string of the molecule is CC.O=C(CC1CCCCC1)N1CC2(CN(C[As])C2)C1. The molecule has 0 N–H and O–H groups in total. The Hall–Kier alpha value is -0.0116. The molecule has 3 rings (SSSR count). The summed E-state index contributed by atoms with van der Waals surface area (Å²) in [6.07, 6.45) is 7.45. The van der Waals surface area contributed by atoms with Gasteiger partial charge in [0, 0.05) is 0 Å². The molecule has 3 aliphatic rings. The Morgan fingerprint density at radius 1 is 1.10 bits per heavy atom. The van der Waals surface area contributed by atoms with Crippen LogP contribution in [0.4, 0.5) is 0 Å². The van der Waals surface area contributed by atoms with Crippen LogP contribution in [-0.4, -0.2) is 64.1 Å². The summed E-state index contributed by atoms with van der Waals surface area (Å²) in [5, 5.41) is 1.10. The van der Waals surface area contributed by atoms with Gasteiger partial charge in [0.1, 0.15) is 0 Å². The van der Waals surface area contributed by atoms with Gasteiger partial charge in [-0.25, -0.2) is 0 Å². The van der Waals surface area contributed by atoms with Crippen LogP contribution >= 0.6 is 0 Å². The number of rotatable bonds is 3. The molecule has 0 bridgehead atoms. The predicted molar refractivity (Wildman–Crippen MR) is 83.7 cm³/mol. The van der Waals surface area contributed by atoms with Gasteiger partial charge >= 0.3 is 119 Å². The number of carbonyl (C=O) groups is 1. The van der Waals surface area contributed by atoms with Crippen LogP contribution in [-0.2, 0) is 4.79 Å². The zero-order chi connectivity index (χ0) is 14.6. The van der Waals surface area contributed by atoms with Gasteiger partial charge in [0.05, 0.1) is 0 Å². The molecule has 0 unspecified atom stereocenters. The molecule has 2 heterocycles. The van der Waals surface area contributed by atoms with Crippen molar-refractivity contribution in [3.8, 4) is 0 Å². The third-order valence-electron chi connectivity index (χ3n) is 4.91. The van der Waals surface area contributed by atoms with E-state index >= 15 is 0 Å². The first-order valence-corrected chi connectivity index (χ1v) is 9.64. The summed E-state index contributed by atoms with van der Waals surface area (Å²) in [7, 11) is 0. The van der Waals surface area contributed by atoms with Crippen LogP contribution < -0.4 is 0 Å². The third kappa shape index (κ3) is 3.60. The topological polar surface area (TPSA) is 23.6 Å². The van der Waals surface area contributed by atoms with Crippen molar-refractivity contribution in [2.75, 3.05) is 31.5 Å². The number of likely N-dealkylation sites (tertiary alicyclic amines) is 2. The van der Waals surface area contributed by atoms with E-state index < -0.39 is 0 Å². The van der Waals surface area contributed by atoms with Gasteiger partial charge in [-0.1, -0.05) is 13.8 Å². The Morgan fingerprint density at radius 3 is 2.25 bits per heavy atom. The first kappa shape index (κ1) is 16.4. The van der Waals surface area contributed by atoms with Gasteiger partial charge in [0.15, 0.2) is 0 Å². The van der Waals surface area contributed by atoms with Crippen molar-refractivity contribution in [3.05, 3.63) is 0 Å². The Labute approximate surface area is 133 Å². The molecule has 0 atom stereocenters. The molecule has 1 saturated carbocycles. The fourth-order valence-electron chi connectivity index (χ4n) is 3.91. The van der Waals surface area contributed by atoms with Gasteiger partial charge in [0.2, 0.25) is 0 Å². The molecule has 1 aliphatic carbocycles. The first-order chi connectivity index (χ1) is 9.71. The van der Waals surface area contributed by atoms with E-state index in [1.54, 1.807) is 0 Å². The summed E-state index contributed by atoms with van der Waals surface area (Å²) >= 11 is 2.64. The monoisotopic (exact) mass is 340 g/mol. The molecule has 1 amide bonds. The average Bonchev–Trinajstić information content (AvgIpc) is 2.39. The molecular formula is C16H29AsN2O. The van der Waals surface area contributed by atoms with Crippen molar-refractivity contribution in [1.82, 2.24) is 9.80 Å². The molecule has 1 spiro atoms. The summed E-state index contributed by atoms with van der Waals surface area (Å²) in [6, 6.07) is 0. The normalized spacial score (nSPS) is 25.4. The van der Waals surface area contributed by atoms with E-state index in [0.29, 0.717) is 17.2 Å². The predicted octanol–water partition coefficient (Wildman–Crippen LogP) is 2.25. The Kier molecular flexibility index (Phi) is 5.98. The third-order valence-corrected chi connectivity index (χ3v) is 5.75. The minimum atomic E-state index is 0.429. The molecular weight excluding hydrogens is 311 g/mol. The Morgan fingerprint density at radius 2 is 1.70 bits per heavy atom. The number of hydrogen-bond acceptors (Lipinski definition) is 2. The van der Waals surface area contributed by atoms with E-state index in [-0.39, 0.29) is 0 Å². The Bertz CT molecular complexity index is 314.